The molecule has 0 saturated heterocycles. The van der Waals surface area contributed by atoms with Crippen molar-refractivity contribution in [1.82, 2.24) is 25.2 Å². The number of para-hydroxylation sites is 1. The van der Waals surface area contributed by atoms with Crippen LogP contribution < -0.4 is 5.32 Å². The van der Waals surface area contributed by atoms with E-state index in [1.807, 2.05) is 45.0 Å². The van der Waals surface area contributed by atoms with Crippen molar-refractivity contribution in [3.63, 3.8) is 0 Å². The monoisotopic (exact) mass is 437 g/mol. The Morgan fingerprint density at radius 1 is 1.19 bits per heavy atom. The normalized spacial score (nSPS) is 14.9. The largest absolute Gasteiger partial charge is 0.349 e. The van der Waals surface area contributed by atoms with Crippen molar-refractivity contribution < 1.29 is 14.0 Å². The van der Waals surface area contributed by atoms with E-state index in [0.717, 1.165) is 18.4 Å². The summed E-state index contributed by atoms with van der Waals surface area (Å²) in [5.41, 5.74) is 1.13. The molecule has 0 radical (unpaired) electrons. The van der Waals surface area contributed by atoms with Crippen molar-refractivity contribution >= 4 is 22.8 Å². The average molecular weight is 438 g/mol. The molecule has 2 amide bonds. The third-order valence-corrected chi connectivity index (χ3v) is 6.01. The van der Waals surface area contributed by atoms with Crippen LogP contribution >= 0.6 is 0 Å². The number of aromatic nitrogens is 3. The maximum absolute atomic E-state index is 14.9. The molecule has 32 heavy (non-hydrogen) atoms. The molecule has 168 valence electrons. The molecule has 0 bridgehead atoms. The number of halogens is 1. The molecule has 7 nitrogen and oxygen atoms in total. The molecular weight excluding hydrogens is 409 g/mol. The molecule has 1 fully saturated rings. The summed E-state index contributed by atoms with van der Waals surface area (Å²) in [6, 6.07) is 12.4. The van der Waals surface area contributed by atoms with Crippen LogP contribution in [0.2, 0.25) is 0 Å². The molecule has 1 aliphatic rings. The van der Waals surface area contributed by atoms with E-state index in [4.69, 9.17) is 0 Å². The van der Waals surface area contributed by atoms with E-state index in [9.17, 15) is 14.0 Å². The van der Waals surface area contributed by atoms with Crippen molar-refractivity contribution in [3.05, 3.63) is 59.9 Å². The first-order chi connectivity index (χ1) is 15.3. The summed E-state index contributed by atoms with van der Waals surface area (Å²) in [5, 5.41) is 11.2. The van der Waals surface area contributed by atoms with Crippen LogP contribution in [-0.2, 0) is 16.1 Å². The molecule has 1 aliphatic carbocycles. The SMILES string of the molecule is CCC(C)(C)NC(=O)[C@@H](c1ccccc1F)N(C(=O)Cn1nnc2ccccc21)C1CC1. The Balaban J connectivity index is 1.70. The molecule has 0 aliphatic heterocycles. The predicted octanol–water partition coefficient (Wildman–Crippen LogP) is 3.61. The molecule has 0 unspecified atom stereocenters. The standard InChI is InChI=1S/C24H28FN5O2/c1-4-24(2,3)26-23(32)22(17-9-5-6-10-18(17)25)30(16-13-14-16)21(31)15-29-20-12-8-7-11-19(20)27-28-29/h5-12,16,22H,4,13-15H2,1-3H3,(H,26,32)/t22-/m1/s1. The molecule has 3 aromatic rings. The molecular formula is C24H28FN5O2. The summed E-state index contributed by atoms with van der Waals surface area (Å²) >= 11 is 0. The van der Waals surface area contributed by atoms with Gasteiger partial charge in [0.05, 0.1) is 5.52 Å². The number of carbonyl (C=O) groups excluding carboxylic acids is 2. The second-order valence-electron chi connectivity index (χ2n) is 8.92. The van der Waals surface area contributed by atoms with Crippen molar-refractivity contribution in [3.8, 4) is 0 Å². The lowest BCUT2D eigenvalue weighted by Crippen LogP contribution is -2.51. The highest BCUT2D eigenvalue weighted by molar-refractivity contribution is 5.90. The van der Waals surface area contributed by atoms with Gasteiger partial charge in [0, 0.05) is 17.1 Å². The van der Waals surface area contributed by atoms with Gasteiger partial charge in [0.15, 0.2) is 0 Å². The van der Waals surface area contributed by atoms with Gasteiger partial charge in [0.25, 0.3) is 0 Å². The Morgan fingerprint density at radius 3 is 2.56 bits per heavy atom. The molecule has 1 aromatic heterocycles. The van der Waals surface area contributed by atoms with Gasteiger partial charge in [0.1, 0.15) is 23.9 Å². The number of carbonyl (C=O) groups is 2. The smallest absolute Gasteiger partial charge is 0.247 e. The Kier molecular flexibility index (Phi) is 5.95. The fourth-order valence-electron chi connectivity index (χ4n) is 3.76. The highest BCUT2D eigenvalue weighted by Crippen LogP contribution is 2.36. The maximum atomic E-state index is 14.9. The zero-order valence-electron chi connectivity index (χ0n) is 18.6. The Bertz CT molecular complexity index is 1140. The lowest BCUT2D eigenvalue weighted by atomic mass is 9.98. The Labute approximate surface area is 186 Å². The first-order valence-electron chi connectivity index (χ1n) is 11.0. The van der Waals surface area contributed by atoms with Gasteiger partial charge < -0.3 is 10.2 Å². The first-order valence-corrected chi connectivity index (χ1v) is 11.0. The second kappa shape index (κ2) is 8.68. The molecule has 1 heterocycles. The second-order valence-corrected chi connectivity index (χ2v) is 8.92. The van der Waals surface area contributed by atoms with Gasteiger partial charge in [-0.2, -0.15) is 0 Å². The summed E-state index contributed by atoms with van der Waals surface area (Å²) in [7, 11) is 0. The number of amides is 2. The summed E-state index contributed by atoms with van der Waals surface area (Å²) < 4.78 is 16.4. The lowest BCUT2D eigenvalue weighted by molar-refractivity contribution is -0.143. The van der Waals surface area contributed by atoms with Crippen molar-refractivity contribution in [2.24, 2.45) is 0 Å². The van der Waals surface area contributed by atoms with Crippen LogP contribution in [0.3, 0.4) is 0 Å². The molecule has 4 rings (SSSR count). The van der Waals surface area contributed by atoms with Crippen molar-refractivity contribution in [2.75, 3.05) is 0 Å². The number of nitrogens with zero attached hydrogens (tertiary/aromatic N) is 4. The van der Waals surface area contributed by atoms with Crippen molar-refractivity contribution in [1.29, 1.82) is 0 Å². The van der Waals surface area contributed by atoms with Crippen LogP contribution in [0.25, 0.3) is 11.0 Å². The van der Waals surface area contributed by atoms with E-state index in [1.165, 1.54) is 15.6 Å². The van der Waals surface area contributed by atoms with Gasteiger partial charge in [-0.25, -0.2) is 9.07 Å². The highest BCUT2D eigenvalue weighted by atomic mass is 19.1. The van der Waals surface area contributed by atoms with Gasteiger partial charge in [-0.1, -0.05) is 42.5 Å². The van der Waals surface area contributed by atoms with Gasteiger partial charge in [0.2, 0.25) is 11.8 Å². The quantitative estimate of drug-likeness (QED) is 0.584. The van der Waals surface area contributed by atoms with Crippen LogP contribution in [0.1, 0.15) is 51.6 Å². The summed E-state index contributed by atoms with van der Waals surface area (Å²) in [5.74, 6) is -1.18. The average Bonchev–Trinajstić information content (AvgIpc) is 3.53. The van der Waals surface area contributed by atoms with E-state index in [2.05, 4.69) is 15.6 Å². The van der Waals surface area contributed by atoms with Crippen molar-refractivity contribution in [2.45, 2.75) is 64.2 Å². The summed E-state index contributed by atoms with van der Waals surface area (Å²) in [4.78, 5) is 28.5. The summed E-state index contributed by atoms with van der Waals surface area (Å²) in [6.45, 7) is 5.72. The number of benzene rings is 2. The minimum absolute atomic E-state index is 0.0770. The third kappa shape index (κ3) is 4.49. The predicted molar refractivity (Wildman–Crippen MR) is 119 cm³/mol. The molecule has 1 atom stereocenters. The minimum atomic E-state index is -1.06. The van der Waals surface area contributed by atoms with Crippen LogP contribution in [0, 0.1) is 5.82 Å². The Morgan fingerprint density at radius 2 is 1.88 bits per heavy atom. The zero-order valence-corrected chi connectivity index (χ0v) is 18.6. The maximum Gasteiger partial charge on any atom is 0.247 e. The fourth-order valence-corrected chi connectivity index (χ4v) is 3.76. The number of nitrogens with one attached hydrogen (secondary N) is 1. The van der Waals surface area contributed by atoms with Gasteiger partial charge in [-0.05, 0) is 51.3 Å². The van der Waals surface area contributed by atoms with Gasteiger partial charge in [-0.15, -0.1) is 5.10 Å². The fraction of sp³-hybridized carbons (Fsp3) is 0.417. The number of rotatable bonds is 8. The minimum Gasteiger partial charge on any atom is -0.349 e. The van der Waals surface area contributed by atoms with Crippen LogP contribution in [-0.4, -0.2) is 43.3 Å². The van der Waals surface area contributed by atoms with Crippen LogP contribution in [0.4, 0.5) is 4.39 Å². The van der Waals surface area contributed by atoms with E-state index in [-0.39, 0.29) is 30.0 Å². The summed E-state index contributed by atoms with van der Waals surface area (Å²) in [6.07, 6.45) is 2.25. The number of fused-ring (bicyclic) bond motifs is 1. The number of hydrogen-bond acceptors (Lipinski definition) is 4. The van der Waals surface area contributed by atoms with Crippen LogP contribution in [0.5, 0.6) is 0 Å². The molecule has 8 heteroatoms. The van der Waals surface area contributed by atoms with Gasteiger partial charge >= 0.3 is 0 Å². The molecule has 0 spiro atoms. The van der Waals surface area contributed by atoms with Gasteiger partial charge in [-0.3, -0.25) is 9.59 Å². The topological polar surface area (TPSA) is 80.1 Å². The molecule has 2 aromatic carbocycles. The van der Waals surface area contributed by atoms with Crippen LogP contribution in [0.15, 0.2) is 48.5 Å². The molecule has 1 N–H and O–H groups in total. The van der Waals surface area contributed by atoms with E-state index < -0.39 is 17.4 Å². The third-order valence-electron chi connectivity index (χ3n) is 6.01. The van der Waals surface area contributed by atoms with E-state index in [1.54, 1.807) is 18.2 Å². The van der Waals surface area contributed by atoms with E-state index >= 15 is 0 Å². The highest BCUT2D eigenvalue weighted by Gasteiger charge is 2.43. The van der Waals surface area contributed by atoms with E-state index in [0.29, 0.717) is 11.9 Å². The first kappa shape index (κ1) is 21.9. The lowest BCUT2D eigenvalue weighted by Gasteiger charge is -2.34. The zero-order chi connectivity index (χ0) is 22.9. The number of hydrogen-bond donors (Lipinski definition) is 1. The molecule has 1 saturated carbocycles. The Hall–Kier alpha value is -3.29.